The lowest BCUT2D eigenvalue weighted by Gasteiger charge is -2.51. The quantitative estimate of drug-likeness (QED) is 0.790. The van der Waals surface area contributed by atoms with Crippen LogP contribution in [-0.2, 0) is 4.79 Å². The van der Waals surface area contributed by atoms with Crippen LogP contribution in [0.1, 0.15) is 25.7 Å². The molecule has 1 amide bonds. The normalized spacial score (nSPS) is 37.3. The van der Waals surface area contributed by atoms with Gasteiger partial charge in [0.1, 0.15) is 12.0 Å². The molecule has 1 aromatic carbocycles. The van der Waals surface area contributed by atoms with Crippen molar-refractivity contribution < 1.29 is 13.6 Å². The Morgan fingerprint density at radius 2 is 1.83 bits per heavy atom. The number of hydrogen-bond acceptors (Lipinski definition) is 4. The third kappa shape index (κ3) is 3.94. The molecule has 3 heterocycles. The highest BCUT2D eigenvalue weighted by Crippen LogP contribution is 2.40. The number of halogens is 2. The monoisotopic (exact) mass is 418 g/mol. The van der Waals surface area contributed by atoms with Crippen molar-refractivity contribution in [2.24, 2.45) is 17.8 Å². The fraction of sp³-hybridized carbons (Fsp3) is 0.696. The maximum absolute atomic E-state index is 15.3. The van der Waals surface area contributed by atoms with Crippen LogP contribution in [0.5, 0.6) is 0 Å². The predicted molar refractivity (Wildman–Crippen MR) is 113 cm³/mol. The summed E-state index contributed by atoms with van der Waals surface area (Å²) in [6.45, 7) is 5.43. The summed E-state index contributed by atoms with van der Waals surface area (Å²) >= 11 is 0. The van der Waals surface area contributed by atoms with E-state index in [1.807, 2.05) is 12.1 Å². The molecule has 0 radical (unpaired) electrons. The van der Waals surface area contributed by atoms with Gasteiger partial charge in [0, 0.05) is 56.4 Å². The molecule has 3 aliphatic heterocycles. The van der Waals surface area contributed by atoms with Gasteiger partial charge in [-0.25, -0.2) is 8.78 Å². The van der Waals surface area contributed by atoms with E-state index in [2.05, 4.69) is 20.4 Å². The highest BCUT2D eigenvalue weighted by molar-refractivity contribution is 5.81. The number of benzene rings is 1. The number of amides is 1. The van der Waals surface area contributed by atoms with Crippen molar-refractivity contribution in [2.45, 2.75) is 43.9 Å². The number of carbonyl (C=O) groups excluding carboxylic acids is 1. The van der Waals surface area contributed by atoms with Crippen LogP contribution in [-0.4, -0.2) is 68.3 Å². The molecular weight excluding hydrogens is 386 g/mol. The lowest BCUT2D eigenvalue weighted by Crippen LogP contribution is -2.67. The van der Waals surface area contributed by atoms with Crippen LogP contribution in [0.4, 0.5) is 14.5 Å². The summed E-state index contributed by atoms with van der Waals surface area (Å²) in [5, 5.41) is 6.63. The van der Waals surface area contributed by atoms with E-state index < -0.39 is 6.17 Å². The number of alkyl halides is 1. The Morgan fingerprint density at radius 1 is 1.07 bits per heavy atom. The first-order valence-electron chi connectivity index (χ1n) is 11.5. The van der Waals surface area contributed by atoms with Crippen molar-refractivity contribution in [3.8, 4) is 0 Å². The summed E-state index contributed by atoms with van der Waals surface area (Å²) in [4.78, 5) is 17.3. The molecule has 1 aromatic rings. The summed E-state index contributed by atoms with van der Waals surface area (Å²) in [7, 11) is 0. The minimum atomic E-state index is -0.854. The van der Waals surface area contributed by atoms with Gasteiger partial charge in [0.25, 0.3) is 0 Å². The maximum Gasteiger partial charge on any atom is 0.224 e. The molecule has 7 heteroatoms. The number of carbonyl (C=O) groups is 1. The Balaban J connectivity index is 1.16. The third-order valence-electron chi connectivity index (χ3n) is 7.69. The van der Waals surface area contributed by atoms with Gasteiger partial charge in [0.05, 0.1) is 5.92 Å². The van der Waals surface area contributed by atoms with E-state index in [9.17, 15) is 9.18 Å². The first kappa shape index (κ1) is 20.2. The number of piperidine rings is 2. The Hall–Kier alpha value is -1.73. The molecule has 0 bridgehead atoms. The molecule has 30 heavy (non-hydrogen) atoms. The molecule has 6 unspecified atom stereocenters. The van der Waals surface area contributed by atoms with Crippen LogP contribution in [0.25, 0.3) is 0 Å². The third-order valence-corrected chi connectivity index (χ3v) is 7.69. The number of anilines is 1. The molecule has 4 aliphatic rings. The van der Waals surface area contributed by atoms with Crippen LogP contribution < -0.4 is 15.5 Å². The number of fused-ring (bicyclic) bond motifs is 3. The van der Waals surface area contributed by atoms with Gasteiger partial charge >= 0.3 is 0 Å². The van der Waals surface area contributed by atoms with Gasteiger partial charge in [-0.1, -0.05) is 0 Å². The van der Waals surface area contributed by atoms with Gasteiger partial charge < -0.3 is 15.5 Å². The molecular formula is C23H32F2N4O. The Bertz CT molecular complexity index is 752. The second kappa shape index (κ2) is 8.42. The predicted octanol–water partition coefficient (Wildman–Crippen LogP) is 2.18. The van der Waals surface area contributed by atoms with Crippen LogP contribution in [0.2, 0.25) is 0 Å². The minimum absolute atomic E-state index is 0.00713. The molecule has 3 saturated heterocycles. The van der Waals surface area contributed by atoms with Gasteiger partial charge in [-0.15, -0.1) is 0 Å². The number of rotatable bonds is 3. The van der Waals surface area contributed by atoms with E-state index in [1.165, 1.54) is 12.1 Å². The van der Waals surface area contributed by atoms with Gasteiger partial charge in [-0.05, 0) is 62.4 Å². The lowest BCUT2D eigenvalue weighted by atomic mass is 9.66. The average Bonchev–Trinajstić information content (AvgIpc) is 2.75. The number of nitrogens with zero attached hydrogens (tertiary/aromatic N) is 2. The topological polar surface area (TPSA) is 47.6 Å². The van der Waals surface area contributed by atoms with Crippen molar-refractivity contribution >= 4 is 11.6 Å². The molecule has 0 aromatic heterocycles. The zero-order chi connectivity index (χ0) is 20.7. The minimum Gasteiger partial charge on any atom is -0.369 e. The summed E-state index contributed by atoms with van der Waals surface area (Å²) in [5.74, 6) is 0.0421. The Morgan fingerprint density at radius 3 is 2.60 bits per heavy atom. The second-order valence-corrected chi connectivity index (χ2v) is 9.54. The number of nitrogens with one attached hydrogen (secondary N) is 2. The van der Waals surface area contributed by atoms with Gasteiger partial charge in [0.2, 0.25) is 5.91 Å². The van der Waals surface area contributed by atoms with Gasteiger partial charge in [-0.3, -0.25) is 9.69 Å². The summed E-state index contributed by atoms with van der Waals surface area (Å²) < 4.78 is 28.4. The largest absolute Gasteiger partial charge is 0.369 e. The SMILES string of the molecule is O=C1NC2CC(CN3CCN(c4ccc(F)cc4)CC3)CC(F)C2C2NCCCC12. The smallest absolute Gasteiger partial charge is 0.224 e. The fourth-order valence-electron chi connectivity index (χ4n) is 6.23. The van der Waals surface area contributed by atoms with Crippen molar-refractivity contribution in [1.29, 1.82) is 0 Å². The fourth-order valence-corrected chi connectivity index (χ4v) is 6.23. The summed E-state index contributed by atoms with van der Waals surface area (Å²) in [6, 6.07) is 6.64. The lowest BCUT2D eigenvalue weighted by molar-refractivity contribution is -0.135. The van der Waals surface area contributed by atoms with Crippen LogP contribution in [0.15, 0.2) is 24.3 Å². The highest BCUT2D eigenvalue weighted by Gasteiger charge is 2.51. The van der Waals surface area contributed by atoms with Crippen LogP contribution in [0.3, 0.4) is 0 Å². The molecule has 1 aliphatic carbocycles. The van der Waals surface area contributed by atoms with E-state index in [0.29, 0.717) is 6.42 Å². The number of piperazine rings is 1. The molecule has 2 N–H and O–H groups in total. The van der Waals surface area contributed by atoms with E-state index in [-0.39, 0.29) is 41.6 Å². The Kier molecular flexibility index (Phi) is 5.67. The van der Waals surface area contributed by atoms with Crippen molar-refractivity contribution in [3.05, 3.63) is 30.1 Å². The highest BCUT2D eigenvalue weighted by atomic mass is 19.1. The molecule has 1 saturated carbocycles. The van der Waals surface area contributed by atoms with Crippen LogP contribution >= 0.6 is 0 Å². The van der Waals surface area contributed by atoms with Crippen LogP contribution in [0, 0.1) is 23.6 Å². The number of hydrogen-bond donors (Lipinski definition) is 2. The van der Waals surface area contributed by atoms with Gasteiger partial charge in [-0.2, -0.15) is 0 Å². The molecule has 5 rings (SSSR count). The molecule has 4 fully saturated rings. The van der Waals surface area contributed by atoms with Crippen molar-refractivity contribution in [1.82, 2.24) is 15.5 Å². The van der Waals surface area contributed by atoms with Gasteiger partial charge in [0.15, 0.2) is 0 Å². The van der Waals surface area contributed by atoms with E-state index in [4.69, 9.17) is 0 Å². The van der Waals surface area contributed by atoms with Crippen molar-refractivity contribution in [2.75, 3.05) is 44.2 Å². The summed E-state index contributed by atoms with van der Waals surface area (Å²) in [5.41, 5.74) is 1.06. The molecule has 0 spiro atoms. The van der Waals surface area contributed by atoms with E-state index >= 15 is 4.39 Å². The standard InChI is InChI=1S/C23H32F2N4O/c24-16-3-5-17(6-4-16)29-10-8-28(9-11-29)14-15-12-19(25)21-20(13-15)27-23(30)18-2-1-7-26-22(18)21/h3-6,15,18-22,26H,1-2,7-14H2,(H,27,30). The van der Waals surface area contributed by atoms with Crippen molar-refractivity contribution in [3.63, 3.8) is 0 Å². The summed E-state index contributed by atoms with van der Waals surface area (Å²) in [6.07, 6.45) is 2.49. The first-order chi connectivity index (χ1) is 14.6. The molecule has 164 valence electrons. The second-order valence-electron chi connectivity index (χ2n) is 9.54. The van der Waals surface area contributed by atoms with E-state index in [0.717, 1.165) is 64.2 Å². The Labute approximate surface area is 177 Å². The van der Waals surface area contributed by atoms with E-state index in [1.54, 1.807) is 0 Å². The zero-order valence-corrected chi connectivity index (χ0v) is 17.4. The maximum atomic E-state index is 15.3. The molecule has 6 atom stereocenters. The average molecular weight is 419 g/mol. The zero-order valence-electron chi connectivity index (χ0n) is 17.4. The first-order valence-corrected chi connectivity index (χ1v) is 11.5. The molecule has 5 nitrogen and oxygen atoms in total.